The summed E-state index contributed by atoms with van der Waals surface area (Å²) >= 11 is 3.37. The largest absolute Gasteiger partial charge is 0.338 e. The molecule has 1 heterocycles. The second-order valence-corrected chi connectivity index (χ2v) is 8.83. The van der Waals surface area contributed by atoms with Crippen LogP contribution >= 0.6 is 15.9 Å². The number of anilines is 1. The number of halogens is 1. The molecule has 0 aliphatic carbocycles. The van der Waals surface area contributed by atoms with Crippen molar-refractivity contribution < 1.29 is 9.59 Å². The Kier molecular flexibility index (Phi) is 7.87. The molecule has 1 atom stereocenters. The predicted octanol–water partition coefficient (Wildman–Crippen LogP) is 3.94. The van der Waals surface area contributed by atoms with E-state index in [2.05, 4.69) is 43.6 Å². The molecular formula is C23H29BrN4O2. The van der Waals surface area contributed by atoms with Crippen molar-refractivity contribution in [3.05, 3.63) is 64.6 Å². The lowest BCUT2D eigenvalue weighted by Crippen LogP contribution is -2.56. The van der Waals surface area contributed by atoms with Crippen molar-refractivity contribution in [2.45, 2.75) is 26.4 Å². The number of urea groups is 1. The molecule has 2 aromatic carbocycles. The van der Waals surface area contributed by atoms with E-state index in [1.165, 1.54) is 5.56 Å². The lowest BCUT2D eigenvalue weighted by atomic mass is 10.0. The summed E-state index contributed by atoms with van der Waals surface area (Å²) in [6.07, 6.45) is 0. The third-order valence-electron chi connectivity index (χ3n) is 5.25. The van der Waals surface area contributed by atoms with E-state index in [-0.39, 0.29) is 17.9 Å². The van der Waals surface area contributed by atoms with Gasteiger partial charge in [-0.25, -0.2) is 4.79 Å². The summed E-state index contributed by atoms with van der Waals surface area (Å²) < 4.78 is 0.940. The zero-order chi connectivity index (χ0) is 21.5. The lowest BCUT2D eigenvalue weighted by molar-refractivity contribution is -0.136. The molecular weight excluding hydrogens is 444 g/mol. The molecule has 6 nitrogen and oxygen atoms in total. The smallest absolute Gasteiger partial charge is 0.319 e. The average molecular weight is 473 g/mol. The topological polar surface area (TPSA) is 64.7 Å². The first-order chi connectivity index (χ1) is 14.4. The Morgan fingerprint density at radius 3 is 2.20 bits per heavy atom. The third kappa shape index (κ3) is 6.31. The molecule has 1 fully saturated rings. The molecule has 160 valence electrons. The van der Waals surface area contributed by atoms with Gasteiger partial charge in [-0.05, 0) is 35.7 Å². The van der Waals surface area contributed by atoms with E-state index in [4.69, 9.17) is 0 Å². The molecule has 3 rings (SSSR count). The summed E-state index contributed by atoms with van der Waals surface area (Å²) in [7, 11) is 0. The second kappa shape index (κ2) is 10.6. The van der Waals surface area contributed by atoms with Crippen LogP contribution in [0.2, 0.25) is 0 Å². The highest BCUT2D eigenvalue weighted by atomic mass is 79.9. The number of nitrogens with one attached hydrogen (secondary N) is 2. The normalized spacial score (nSPS) is 15.7. The van der Waals surface area contributed by atoms with Gasteiger partial charge in [-0.2, -0.15) is 0 Å². The van der Waals surface area contributed by atoms with Crippen LogP contribution in [0.5, 0.6) is 0 Å². The van der Waals surface area contributed by atoms with Crippen molar-refractivity contribution in [1.82, 2.24) is 15.1 Å². The van der Waals surface area contributed by atoms with Crippen LogP contribution in [0.4, 0.5) is 10.5 Å². The first-order valence-corrected chi connectivity index (χ1v) is 11.1. The van der Waals surface area contributed by atoms with Gasteiger partial charge < -0.3 is 15.5 Å². The zero-order valence-corrected chi connectivity index (χ0v) is 19.1. The average Bonchev–Trinajstić information content (AvgIpc) is 2.74. The fraction of sp³-hybridized carbons (Fsp3) is 0.391. The monoisotopic (exact) mass is 472 g/mol. The van der Waals surface area contributed by atoms with Gasteiger partial charge in [-0.15, -0.1) is 0 Å². The van der Waals surface area contributed by atoms with Crippen molar-refractivity contribution in [2.75, 3.05) is 31.5 Å². The number of carbonyl (C=O) groups is 2. The maximum Gasteiger partial charge on any atom is 0.319 e. The maximum atomic E-state index is 13.1. The highest BCUT2D eigenvalue weighted by molar-refractivity contribution is 9.10. The molecule has 7 heteroatoms. The molecule has 30 heavy (non-hydrogen) atoms. The molecule has 2 aromatic rings. The third-order valence-corrected chi connectivity index (χ3v) is 5.78. The number of benzene rings is 2. The van der Waals surface area contributed by atoms with Crippen LogP contribution in [0.1, 0.15) is 19.4 Å². The van der Waals surface area contributed by atoms with Gasteiger partial charge in [-0.1, -0.05) is 60.1 Å². The van der Waals surface area contributed by atoms with Crippen molar-refractivity contribution in [3.8, 4) is 0 Å². The Hall–Kier alpha value is -2.38. The summed E-state index contributed by atoms with van der Waals surface area (Å²) in [6.45, 7) is 7.80. The van der Waals surface area contributed by atoms with Crippen molar-refractivity contribution in [1.29, 1.82) is 0 Å². The predicted molar refractivity (Wildman–Crippen MR) is 123 cm³/mol. The molecule has 0 saturated carbocycles. The molecule has 0 radical (unpaired) electrons. The molecule has 0 aromatic heterocycles. The summed E-state index contributed by atoms with van der Waals surface area (Å²) in [6, 6.07) is 16.8. The molecule has 1 aliphatic heterocycles. The number of carbonyl (C=O) groups excluding carboxylic acids is 2. The van der Waals surface area contributed by atoms with Crippen molar-refractivity contribution in [2.24, 2.45) is 5.92 Å². The SMILES string of the molecule is CC(C)[C@H](NC(=O)Nc1ccc(Br)cc1)C(=O)N1CCN(Cc2ccccc2)CC1. The van der Waals surface area contributed by atoms with E-state index < -0.39 is 6.04 Å². The van der Waals surface area contributed by atoms with Crippen molar-refractivity contribution in [3.63, 3.8) is 0 Å². The zero-order valence-electron chi connectivity index (χ0n) is 17.5. The van der Waals surface area contributed by atoms with Crippen LogP contribution in [-0.4, -0.2) is 54.0 Å². The fourth-order valence-corrected chi connectivity index (χ4v) is 3.78. The van der Waals surface area contributed by atoms with E-state index >= 15 is 0 Å². The Bertz CT molecular complexity index is 834. The summed E-state index contributed by atoms with van der Waals surface area (Å²) in [5.74, 6) is -0.0224. The van der Waals surface area contributed by atoms with E-state index in [0.29, 0.717) is 18.8 Å². The summed E-state index contributed by atoms with van der Waals surface area (Å²) in [4.78, 5) is 29.8. The molecule has 0 spiro atoms. The van der Waals surface area contributed by atoms with Gasteiger partial charge in [0.1, 0.15) is 6.04 Å². The molecule has 2 N–H and O–H groups in total. The Labute approximate surface area is 186 Å². The molecule has 1 saturated heterocycles. The van der Waals surface area contributed by atoms with E-state index in [1.54, 1.807) is 0 Å². The fourth-order valence-electron chi connectivity index (χ4n) is 3.52. The highest BCUT2D eigenvalue weighted by Gasteiger charge is 2.30. The van der Waals surface area contributed by atoms with E-state index in [0.717, 1.165) is 24.1 Å². The number of nitrogens with zero attached hydrogens (tertiary/aromatic N) is 2. The molecule has 0 unspecified atom stereocenters. The second-order valence-electron chi connectivity index (χ2n) is 7.91. The minimum Gasteiger partial charge on any atom is -0.338 e. The number of hydrogen-bond acceptors (Lipinski definition) is 3. The van der Waals surface area contributed by atoms with Gasteiger partial charge in [-0.3, -0.25) is 9.69 Å². The van der Waals surface area contributed by atoms with Crippen LogP contribution in [0.25, 0.3) is 0 Å². The van der Waals surface area contributed by atoms with Gasteiger partial charge in [0.05, 0.1) is 0 Å². The number of amides is 3. The van der Waals surface area contributed by atoms with E-state index in [1.807, 2.05) is 61.2 Å². The van der Waals surface area contributed by atoms with Gasteiger partial charge in [0, 0.05) is 42.9 Å². The van der Waals surface area contributed by atoms with Gasteiger partial charge in [0.25, 0.3) is 0 Å². The quantitative estimate of drug-likeness (QED) is 0.668. The van der Waals surface area contributed by atoms with Crippen LogP contribution in [0.3, 0.4) is 0 Å². The minimum absolute atomic E-state index is 0.00415. The lowest BCUT2D eigenvalue weighted by Gasteiger charge is -2.37. The van der Waals surface area contributed by atoms with Gasteiger partial charge >= 0.3 is 6.03 Å². The van der Waals surface area contributed by atoms with E-state index in [9.17, 15) is 9.59 Å². The first kappa shape index (κ1) is 22.3. The molecule has 1 aliphatic rings. The van der Waals surface area contributed by atoms with Crippen LogP contribution in [0, 0.1) is 5.92 Å². The number of hydrogen-bond donors (Lipinski definition) is 2. The Morgan fingerprint density at radius 1 is 0.967 bits per heavy atom. The number of piperazine rings is 1. The number of rotatable bonds is 6. The van der Waals surface area contributed by atoms with Gasteiger partial charge in [0.2, 0.25) is 5.91 Å². The first-order valence-electron chi connectivity index (χ1n) is 10.3. The molecule has 3 amide bonds. The highest BCUT2D eigenvalue weighted by Crippen LogP contribution is 2.15. The van der Waals surface area contributed by atoms with Crippen LogP contribution in [-0.2, 0) is 11.3 Å². The summed E-state index contributed by atoms with van der Waals surface area (Å²) in [5.41, 5.74) is 1.96. The van der Waals surface area contributed by atoms with Crippen molar-refractivity contribution >= 4 is 33.6 Å². The van der Waals surface area contributed by atoms with Gasteiger partial charge in [0.15, 0.2) is 0 Å². The van der Waals surface area contributed by atoms with Crippen LogP contribution in [0.15, 0.2) is 59.1 Å². The standard InChI is InChI=1S/C23H29BrN4O2/c1-17(2)21(26-23(30)25-20-10-8-19(24)9-11-20)22(29)28-14-12-27(13-15-28)16-18-6-4-3-5-7-18/h3-11,17,21H,12-16H2,1-2H3,(H2,25,26,30)/t21-/m0/s1. The minimum atomic E-state index is -0.555. The Morgan fingerprint density at radius 2 is 1.60 bits per heavy atom. The summed E-state index contributed by atoms with van der Waals surface area (Å²) in [5, 5.41) is 5.66. The molecule has 0 bridgehead atoms. The maximum absolute atomic E-state index is 13.1. The Balaban J connectivity index is 1.52. The van der Waals surface area contributed by atoms with Crippen LogP contribution < -0.4 is 10.6 Å².